The first kappa shape index (κ1) is 14.2. The molecule has 0 aliphatic carbocycles. The highest BCUT2D eigenvalue weighted by molar-refractivity contribution is 5.14. The third-order valence-corrected chi connectivity index (χ3v) is 3.17. The highest BCUT2D eigenvalue weighted by Gasteiger charge is 2.15. The van der Waals surface area contributed by atoms with Gasteiger partial charge in [-0.3, -0.25) is 4.90 Å². The molecule has 17 heavy (non-hydrogen) atoms. The molecule has 0 radical (unpaired) electrons. The number of hydrogen-bond acceptors (Lipinski definition) is 2. The van der Waals surface area contributed by atoms with Crippen molar-refractivity contribution in [2.24, 2.45) is 0 Å². The lowest BCUT2D eigenvalue weighted by Gasteiger charge is -2.30. The van der Waals surface area contributed by atoms with Crippen molar-refractivity contribution < 1.29 is 0 Å². The number of benzene rings is 1. The van der Waals surface area contributed by atoms with Crippen molar-refractivity contribution in [3.8, 4) is 0 Å². The van der Waals surface area contributed by atoms with Crippen LogP contribution in [0.5, 0.6) is 0 Å². The van der Waals surface area contributed by atoms with Crippen LogP contribution in [0, 0.1) is 0 Å². The minimum Gasteiger partial charge on any atom is -0.318 e. The smallest absolute Gasteiger partial charge is 0.0237 e. The molecule has 1 unspecified atom stereocenters. The number of hydrogen-bond donors (Lipinski definition) is 1. The lowest BCUT2D eigenvalue weighted by Crippen LogP contribution is -2.41. The van der Waals surface area contributed by atoms with Gasteiger partial charge in [-0.15, -0.1) is 0 Å². The van der Waals surface area contributed by atoms with Crippen LogP contribution in [0.15, 0.2) is 30.3 Å². The van der Waals surface area contributed by atoms with Crippen LogP contribution in [0.2, 0.25) is 0 Å². The second-order valence-corrected chi connectivity index (χ2v) is 4.58. The number of nitrogens with one attached hydrogen (secondary N) is 1. The topological polar surface area (TPSA) is 15.3 Å². The van der Waals surface area contributed by atoms with E-state index in [4.69, 9.17) is 0 Å². The molecule has 0 aliphatic heterocycles. The van der Waals surface area contributed by atoms with Crippen LogP contribution in [0.4, 0.5) is 0 Å². The zero-order chi connectivity index (χ0) is 12.5. The summed E-state index contributed by atoms with van der Waals surface area (Å²) >= 11 is 0. The first-order valence-electron chi connectivity index (χ1n) is 6.74. The van der Waals surface area contributed by atoms with E-state index in [1.165, 1.54) is 24.9 Å². The normalized spacial score (nSPS) is 12.9. The molecule has 0 heterocycles. The van der Waals surface area contributed by atoms with Crippen molar-refractivity contribution in [2.45, 2.75) is 39.3 Å². The minimum atomic E-state index is 0.639. The van der Waals surface area contributed by atoms with Gasteiger partial charge in [0.05, 0.1) is 0 Å². The van der Waals surface area contributed by atoms with Crippen molar-refractivity contribution >= 4 is 0 Å². The summed E-state index contributed by atoms with van der Waals surface area (Å²) < 4.78 is 0. The Hall–Kier alpha value is -0.860. The molecule has 0 saturated carbocycles. The van der Waals surface area contributed by atoms with Crippen LogP contribution >= 0.6 is 0 Å². The van der Waals surface area contributed by atoms with Crippen molar-refractivity contribution in [1.82, 2.24) is 10.2 Å². The second-order valence-electron chi connectivity index (χ2n) is 4.58. The second kappa shape index (κ2) is 8.26. The van der Waals surface area contributed by atoms with E-state index >= 15 is 0 Å². The summed E-state index contributed by atoms with van der Waals surface area (Å²) in [7, 11) is 2.04. The summed E-state index contributed by atoms with van der Waals surface area (Å²) in [6, 6.07) is 11.4. The van der Waals surface area contributed by atoms with E-state index in [0.717, 1.165) is 13.1 Å². The average molecular weight is 234 g/mol. The Balaban J connectivity index is 2.64. The molecule has 2 heteroatoms. The molecule has 96 valence electrons. The molecule has 0 aromatic heterocycles. The Morgan fingerprint density at radius 2 is 1.88 bits per heavy atom. The minimum absolute atomic E-state index is 0.639. The summed E-state index contributed by atoms with van der Waals surface area (Å²) in [6.45, 7) is 7.84. The molecule has 1 N–H and O–H groups in total. The predicted octanol–water partition coefficient (Wildman–Crippen LogP) is 2.90. The van der Waals surface area contributed by atoms with Crippen molar-refractivity contribution in [3.05, 3.63) is 35.9 Å². The SMILES string of the molecule is CCCN(Cc1ccccc1)C(CC)CNC. The van der Waals surface area contributed by atoms with Gasteiger partial charge < -0.3 is 5.32 Å². The molecule has 2 nitrogen and oxygen atoms in total. The van der Waals surface area contributed by atoms with Gasteiger partial charge in [-0.2, -0.15) is 0 Å². The Labute approximate surface area is 106 Å². The molecule has 1 aromatic carbocycles. The lowest BCUT2D eigenvalue weighted by atomic mass is 10.1. The molecule has 0 aliphatic rings. The van der Waals surface area contributed by atoms with Gasteiger partial charge >= 0.3 is 0 Å². The van der Waals surface area contributed by atoms with Crippen LogP contribution in [-0.4, -0.2) is 31.1 Å². The van der Waals surface area contributed by atoms with E-state index in [-0.39, 0.29) is 0 Å². The van der Waals surface area contributed by atoms with Gasteiger partial charge in [0.2, 0.25) is 0 Å². The monoisotopic (exact) mass is 234 g/mol. The van der Waals surface area contributed by atoms with E-state index in [1.807, 2.05) is 7.05 Å². The third-order valence-electron chi connectivity index (χ3n) is 3.17. The van der Waals surface area contributed by atoms with E-state index in [0.29, 0.717) is 6.04 Å². The zero-order valence-electron chi connectivity index (χ0n) is 11.4. The molecule has 0 amide bonds. The fourth-order valence-corrected chi connectivity index (χ4v) is 2.26. The van der Waals surface area contributed by atoms with E-state index in [1.54, 1.807) is 0 Å². The van der Waals surface area contributed by atoms with Gasteiger partial charge in [0.15, 0.2) is 0 Å². The van der Waals surface area contributed by atoms with Gasteiger partial charge in [-0.1, -0.05) is 44.2 Å². The molecule has 1 rings (SSSR count). The largest absolute Gasteiger partial charge is 0.318 e. The lowest BCUT2D eigenvalue weighted by molar-refractivity contribution is 0.180. The highest BCUT2D eigenvalue weighted by Crippen LogP contribution is 2.11. The van der Waals surface area contributed by atoms with E-state index < -0.39 is 0 Å². The maximum Gasteiger partial charge on any atom is 0.0237 e. The highest BCUT2D eigenvalue weighted by atomic mass is 15.2. The molecule has 0 saturated heterocycles. The fraction of sp³-hybridized carbons (Fsp3) is 0.600. The van der Waals surface area contributed by atoms with Crippen molar-refractivity contribution in [3.63, 3.8) is 0 Å². The molecule has 1 aromatic rings. The predicted molar refractivity (Wildman–Crippen MR) is 75.1 cm³/mol. The van der Waals surface area contributed by atoms with Crippen molar-refractivity contribution in [1.29, 1.82) is 0 Å². The fourth-order valence-electron chi connectivity index (χ4n) is 2.26. The summed E-state index contributed by atoms with van der Waals surface area (Å²) in [4.78, 5) is 2.59. The molecular weight excluding hydrogens is 208 g/mol. The van der Waals surface area contributed by atoms with Crippen LogP contribution in [0.3, 0.4) is 0 Å². The summed E-state index contributed by atoms with van der Waals surface area (Å²) in [5, 5.41) is 3.30. The summed E-state index contributed by atoms with van der Waals surface area (Å²) in [5.41, 5.74) is 1.41. The van der Waals surface area contributed by atoms with Crippen LogP contribution in [-0.2, 0) is 6.54 Å². The Kier molecular flexibility index (Phi) is 6.90. The summed E-state index contributed by atoms with van der Waals surface area (Å²) in [5.74, 6) is 0. The van der Waals surface area contributed by atoms with E-state index in [2.05, 4.69) is 54.4 Å². The maximum atomic E-state index is 3.30. The zero-order valence-corrected chi connectivity index (χ0v) is 11.4. The van der Waals surface area contributed by atoms with Gasteiger partial charge in [0, 0.05) is 19.1 Å². The van der Waals surface area contributed by atoms with Crippen LogP contribution in [0.1, 0.15) is 32.3 Å². The number of nitrogens with zero attached hydrogens (tertiary/aromatic N) is 1. The van der Waals surface area contributed by atoms with Gasteiger partial charge in [-0.05, 0) is 32.0 Å². The number of likely N-dealkylation sites (N-methyl/N-ethyl adjacent to an activating group) is 1. The first-order chi connectivity index (χ1) is 8.31. The van der Waals surface area contributed by atoms with E-state index in [9.17, 15) is 0 Å². The van der Waals surface area contributed by atoms with Crippen LogP contribution in [0.25, 0.3) is 0 Å². The standard InChI is InChI=1S/C15H26N2/c1-4-11-17(15(5-2)12-16-3)13-14-9-7-6-8-10-14/h6-10,15-16H,4-5,11-13H2,1-3H3. The first-order valence-corrected chi connectivity index (χ1v) is 6.74. The molecule has 0 fully saturated rings. The van der Waals surface area contributed by atoms with Crippen molar-refractivity contribution in [2.75, 3.05) is 20.1 Å². The van der Waals surface area contributed by atoms with Gasteiger partial charge in [-0.25, -0.2) is 0 Å². The summed E-state index contributed by atoms with van der Waals surface area (Å²) in [6.07, 6.45) is 2.42. The van der Waals surface area contributed by atoms with Gasteiger partial charge in [0.25, 0.3) is 0 Å². The number of rotatable bonds is 8. The molecular formula is C15H26N2. The molecule has 1 atom stereocenters. The molecule has 0 spiro atoms. The quantitative estimate of drug-likeness (QED) is 0.744. The van der Waals surface area contributed by atoms with Gasteiger partial charge in [0.1, 0.15) is 0 Å². The maximum absolute atomic E-state index is 3.30. The molecule has 0 bridgehead atoms. The Morgan fingerprint density at radius 3 is 2.41 bits per heavy atom. The van der Waals surface area contributed by atoms with Crippen LogP contribution < -0.4 is 5.32 Å². The average Bonchev–Trinajstić information content (AvgIpc) is 2.37. The third kappa shape index (κ3) is 4.88. The Bertz CT molecular complexity index is 284. The Morgan fingerprint density at radius 1 is 1.18 bits per heavy atom.